The van der Waals surface area contributed by atoms with Crippen LogP contribution >= 0.6 is 0 Å². The van der Waals surface area contributed by atoms with Crippen molar-refractivity contribution in [2.24, 2.45) is 5.16 Å². The molecule has 1 aliphatic carbocycles. The minimum atomic E-state index is -3.51. The maximum Gasteiger partial charge on any atom is 0.325 e. The van der Waals surface area contributed by atoms with Crippen molar-refractivity contribution in [1.82, 2.24) is 0 Å². The quantitative estimate of drug-likeness (QED) is 0.738. The maximum absolute atomic E-state index is 10.9. The summed E-state index contributed by atoms with van der Waals surface area (Å²) in [7, 11) is -3.51. The molecule has 1 aromatic carbocycles. The Morgan fingerprint density at radius 3 is 2.75 bits per heavy atom. The molecular weight excluding hydrogens is 226 g/mol. The lowest BCUT2D eigenvalue weighted by atomic mass is 9.90. The van der Waals surface area contributed by atoms with Crippen molar-refractivity contribution in [3.8, 4) is 0 Å². The highest BCUT2D eigenvalue weighted by atomic mass is 32.2. The third-order valence-corrected chi connectivity index (χ3v) is 2.82. The Balaban J connectivity index is 2.32. The van der Waals surface area contributed by atoms with E-state index in [4.69, 9.17) is 0 Å². The molecule has 0 atom stereocenters. The first-order valence-electron chi connectivity index (χ1n) is 5.10. The summed E-state index contributed by atoms with van der Waals surface area (Å²) in [6, 6.07) is 7.86. The average Bonchev–Trinajstić information content (AvgIpc) is 2.25. The van der Waals surface area contributed by atoms with E-state index in [1.807, 2.05) is 24.3 Å². The van der Waals surface area contributed by atoms with Crippen LogP contribution in [0.15, 0.2) is 29.4 Å². The van der Waals surface area contributed by atoms with Crippen molar-refractivity contribution in [3.63, 3.8) is 0 Å². The highest BCUT2D eigenvalue weighted by molar-refractivity contribution is 7.85. The Morgan fingerprint density at radius 2 is 2.00 bits per heavy atom. The molecule has 0 unspecified atom stereocenters. The van der Waals surface area contributed by atoms with Crippen LogP contribution in [0, 0.1) is 0 Å². The average molecular weight is 239 g/mol. The summed E-state index contributed by atoms with van der Waals surface area (Å²) >= 11 is 0. The lowest BCUT2D eigenvalue weighted by Gasteiger charge is -2.16. The molecule has 0 aromatic heterocycles. The second kappa shape index (κ2) is 4.25. The zero-order valence-corrected chi connectivity index (χ0v) is 9.83. The number of hydrogen-bond donors (Lipinski definition) is 0. The van der Waals surface area contributed by atoms with Gasteiger partial charge in [-0.25, -0.2) is 0 Å². The lowest BCUT2D eigenvalue weighted by Crippen LogP contribution is -2.13. The van der Waals surface area contributed by atoms with Gasteiger partial charge in [-0.3, -0.25) is 4.28 Å². The maximum atomic E-state index is 10.9. The van der Waals surface area contributed by atoms with Crippen molar-refractivity contribution in [3.05, 3.63) is 35.4 Å². The van der Waals surface area contributed by atoms with Gasteiger partial charge in [0.2, 0.25) is 0 Å². The fraction of sp³-hybridized carbons (Fsp3) is 0.364. The summed E-state index contributed by atoms with van der Waals surface area (Å²) in [6.07, 6.45) is 3.73. The van der Waals surface area contributed by atoms with Crippen molar-refractivity contribution < 1.29 is 12.7 Å². The van der Waals surface area contributed by atoms with Crippen LogP contribution in [-0.4, -0.2) is 20.4 Å². The van der Waals surface area contributed by atoms with Crippen molar-refractivity contribution >= 4 is 15.8 Å². The zero-order chi connectivity index (χ0) is 11.6. The Hall–Kier alpha value is -1.36. The molecule has 0 heterocycles. The van der Waals surface area contributed by atoms with E-state index >= 15 is 0 Å². The van der Waals surface area contributed by atoms with Crippen LogP contribution < -0.4 is 0 Å². The first-order chi connectivity index (χ1) is 7.56. The van der Waals surface area contributed by atoms with Crippen LogP contribution in [0.2, 0.25) is 0 Å². The smallest absolute Gasteiger partial charge is 0.268 e. The third kappa shape index (κ3) is 2.61. The molecule has 86 valence electrons. The van der Waals surface area contributed by atoms with Crippen molar-refractivity contribution in [2.45, 2.75) is 19.3 Å². The normalized spacial score (nSPS) is 18.2. The van der Waals surface area contributed by atoms with Gasteiger partial charge in [0, 0.05) is 5.56 Å². The van der Waals surface area contributed by atoms with Gasteiger partial charge >= 0.3 is 10.1 Å². The topological polar surface area (TPSA) is 55.7 Å². The molecule has 0 aliphatic heterocycles. The molecule has 0 radical (unpaired) electrons. The van der Waals surface area contributed by atoms with E-state index < -0.39 is 10.1 Å². The van der Waals surface area contributed by atoms with Crippen molar-refractivity contribution in [1.29, 1.82) is 0 Å². The van der Waals surface area contributed by atoms with Crippen LogP contribution in [0.3, 0.4) is 0 Å². The van der Waals surface area contributed by atoms with Gasteiger partial charge < -0.3 is 0 Å². The lowest BCUT2D eigenvalue weighted by molar-refractivity contribution is 0.341. The third-order valence-electron chi connectivity index (χ3n) is 2.47. The van der Waals surface area contributed by atoms with Crippen LogP contribution in [0.4, 0.5) is 0 Å². The van der Waals surface area contributed by atoms with Crippen LogP contribution in [0.25, 0.3) is 0 Å². The number of fused-ring (bicyclic) bond motifs is 1. The van der Waals surface area contributed by atoms with E-state index in [-0.39, 0.29) is 0 Å². The minimum Gasteiger partial charge on any atom is -0.268 e. The van der Waals surface area contributed by atoms with Gasteiger partial charge in [-0.2, -0.15) is 8.42 Å². The van der Waals surface area contributed by atoms with E-state index in [9.17, 15) is 8.42 Å². The van der Waals surface area contributed by atoms with Gasteiger partial charge in [0.25, 0.3) is 0 Å². The standard InChI is InChI=1S/C11H13NO3S/c1-16(13,14)15-12-11-8-4-6-9-5-2-3-7-10(9)11/h2-3,5,7H,4,6,8H2,1H3/b12-11-. The molecule has 0 spiro atoms. The van der Waals surface area contributed by atoms with E-state index in [1.54, 1.807) is 0 Å². The Morgan fingerprint density at radius 1 is 1.25 bits per heavy atom. The molecule has 0 amide bonds. The van der Waals surface area contributed by atoms with E-state index in [0.717, 1.165) is 31.1 Å². The number of benzene rings is 1. The Bertz CT molecular complexity index is 520. The molecule has 1 aliphatic rings. The van der Waals surface area contributed by atoms with Gasteiger partial charge in [-0.1, -0.05) is 29.4 Å². The number of aryl methyl sites for hydroxylation is 1. The summed E-state index contributed by atoms with van der Waals surface area (Å²) in [4.78, 5) is 0. The predicted molar refractivity (Wildman–Crippen MR) is 61.8 cm³/mol. The Labute approximate surface area is 95.0 Å². The van der Waals surface area contributed by atoms with E-state index in [1.165, 1.54) is 5.56 Å². The number of hydrogen-bond acceptors (Lipinski definition) is 4. The molecular formula is C11H13NO3S. The number of rotatable bonds is 2. The van der Waals surface area contributed by atoms with Gasteiger partial charge in [0.1, 0.15) is 0 Å². The van der Waals surface area contributed by atoms with Gasteiger partial charge in [-0.15, -0.1) is 0 Å². The van der Waals surface area contributed by atoms with Crippen LogP contribution in [-0.2, 0) is 20.8 Å². The summed E-state index contributed by atoms with van der Waals surface area (Å²) in [5.74, 6) is 0. The largest absolute Gasteiger partial charge is 0.325 e. The highest BCUT2D eigenvalue weighted by Gasteiger charge is 2.15. The molecule has 0 bridgehead atoms. The van der Waals surface area contributed by atoms with Gasteiger partial charge in [0.05, 0.1) is 12.0 Å². The second-order valence-corrected chi connectivity index (χ2v) is 5.38. The minimum absolute atomic E-state index is 0.715. The van der Waals surface area contributed by atoms with Crippen LogP contribution in [0.5, 0.6) is 0 Å². The molecule has 1 aromatic rings. The first kappa shape index (κ1) is 11.1. The Kier molecular flexibility index (Phi) is 2.96. The predicted octanol–water partition coefficient (Wildman–Crippen LogP) is 1.70. The molecule has 0 N–H and O–H groups in total. The molecule has 5 heteroatoms. The summed E-state index contributed by atoms with van der Waals surface area (Å²) in [5, 5.41) is 3.72. The second-order valence-electron chi connectivity index (χ2n) is 3.83. The fourth-order valence-electron chi connectivity index (χ4n) is 1.81. The van der Waals surface area contributed by atoms with Gasteiger partial charge in [0.15, 0.2) is 0 Å². The monoisotopic (exact) mass is 239 g/mol. The number of oxime groups is 1. The van der Waals surface area contributed by atoms with Crippen LogP contribution in [0.1, 0.15) is 24.0 Å². The van der Waals surface area contributed by atoms with E-state index in [0.29, 0.717) is 5.71 Å². The molecule has 0 fully saturated rings. The number of nitrogens with zero attached hydrogens (tertiary/aromatic N) is 1. The molecule has 0 saturated heterocycles. The first-order valence-corrected chi connectivity index (χ1v) is 6.92. The molecule has 0 saturated carbocycles. The summed E-state index contributed by atoms with van der Waals surface area (Å²) < 4.78 is 26.2. The highest BCUT2D eigenvalue weighted by Crippen LogP contribution is 2.21. The molecule has 4 nitrogen and oxygen atoms in total. The fourth-order valence-corrected chi connectivity index (χ4v) is 2.03. The van der Waals surface area contributed by atoms with Gasteiger partial charge in [-0.05, 0) is 24.8 Å². The zero-order valence-electron chi connectivity index (χ0n) is 9.01. The summed E-state index contributed by atoms with van der Waals surface area (Å²) in [5.41, 5.74) is 2.91. The summed E-state index contributed by atoms with van der Waals surface area (Å²) in [6.45, 7) is 0. The molecule has 16 heavy (non-hydrogen) atoms. The SMILES string of the molecule is CS(=O)(=O)O/N=C1/CCCc2ccccc21. The van der Waals surface area contributed by atoms with E-state index in [2.05, 4.69) is 9.44 Å². The molecule has 2 rings (SSSR count). The van der Waals surface area contributed by atoms with Crippen molar-refractivity contribution in [2.75, 3.05) is 6.26 Å².